The minimum atomic E-state index is -0.141. The van der Waals surface area contributed by atoms with Crippen LogP contribution in [0.15, 0.2) is 30.6 Å². The highest BCUT2D eigenvalue weighted by atomic mass is 16.5. The average Bonchev–Trinajstić information content (AvgIpc) is 3.41. The molecule has 26 heavy (non-hydrogen) atoms. The Balaban J connectivity index is 1.30. The highest BCUT2D eigenvalue weighted by Gasteiger charge is 2.35. The lowest BCUT2D eigenvalue weighted by molar-refractivity contribution is -0.124. The molecule has 1 aromatic carbocycles. The van der Waals surface area contributed by atoms with Gasteiger partial charge in [-0.05, 0) is 48.5 Å². The Hall–Kier alpha value is -2.52. The van der Waals surface area contributed by atoms with E-state index in [2.05, 4.69) is 25.7 Å². The summed E-state index contributed by atoms with van der Waals surface area (Å²) in [6.45, 7) is 3.37. The van der Waals surface area contributed by atoms with Gasteiger partial charge >= 0.3 is 0 Å². The van der Waals surface area contributed by atoms with E-state index in [9.17, 15) is 4.79 Å². The third-order valence-corrected chi connectivity index (χ3v) is 4.81. The third-order valence-electron chi connectivity index (χ3n) is 4.81. The normalized spacial score (nSPS) is 23.2. The van der Waals surface area contributed by atoms with Crippen molar-refractivity contribution in [2.75, 3.05) is 32.9 Å². The smallest absolute Gasteiger partial charge is 0.258 e. The number of hydrogen-bond acceptors (Lipinski definition) is 7. The lowest BCUT2D eigenvalue weighted by atomic mass is 10.1. The molecule has 0 unspecified atom stereocenters. The van der Waals surface area contributed by atoms with Crippen molar-refractivity contribution < 1.29 is 14.3 Å². The van der Waals surface area contributed by atoms with Crippen molar-refractivity contribution >= 4 is 5.91 Å². The van der Waals surface area contributed by atoms with Crippen molar-refractivity contribution in [3.63, 3.8) is 0 Å². The molecule has 0 saturated carbocycles. The van der Waals surface area contributed by atoms with E-state index in [0.717, 1.165) is 18.8 Å². The van der Waals surface area contributed by atoms with Gasteiger partial charge in [-0.15, -0.1) is 5.10 Å². The van der Waals surface area contributed by atoms with Crippen LogP contribution in [0.2, 0.25) is 0 Å². The van der Waals surface area contributed by atoms with E-state index in [1.54, 1.807) is 12.1 Å². The molecule has 9 nitrogen and oxygen atoms in total. The fourth-order valence-corrected chi connectivity index (χ4v) is 3.51. The summed E-state index contributed by atoms with van der Waals surface area (Å²) in [5.74, 6) is 0.449. The van der Waals surface area contributed by atoms with E-state index in [-0.39, 0.29) is 24.6 Å². The van der Waals surface area contributed by atoms with Gasteiger partial charge in [-0.2, -0.15) is 0 Å². The molecule has 9 heteroatoms. The van der Waals surface area contributed by atoms with Crippen molar-refractivity contribution in [1.82, 2.24) is 30.4 Å². The first kappa shape index (κ1) is 16.9. The van der Waals surface area contributed by atoms with E-state index < -0.39 is 0 Å². The number of likely N-dealkylation sites (tertiary alicyclic amines) is 1. The molecule has 0 aliphatic carbocycles. The molecule has 2 aliphatic heterocycles. The van der Waals surface area contributed by atoms with Gasteiger partial charge in [0.2, 0.25) is 0 Å². The number of nitrogens with zero attached hydrogens (tertiary/aromatic N) is 5. The molecular formula is C17H22N6O3. The van der Waals surface area contributed by atoms with Gasteiger partial charge in [0, 0.05) is 6.07 Å². The Labute approximate surface area is 151 Å². The van der Waals surface area contributed by atoms with Crippen LogP contribution >= 0.6 is 0 Å². The van der Waals surface area contributed by atoms with Crippen molar-refractivity contribution in [2.45, 2.75) is 24.9 Å². The van der Waals surface area contributed by atoms with E-state index in [0.29, 0.717) is 19.0 Å². The monoisotopic (exact) mass is 358 g/mol. The van der Waals surface area contributed by atoms with Crippen LogP contribution in [0.5, 0.6) is 5.75 Å². The maximum absolute atomic E-state index is 12.3. The standard InChI is InChI=1S/C17H22N6O3/c24-17(19-15-9-25-10-16(15)22-6-1-2-7-22)11-26-14-5-3-4-13(8-14)23-12-18-20-21-23/h3-5,8,12,15-16H,1-2,6-7,9-11H2,(H,19,24)/t15-,16-/m0/s1. The molecule has 0 bridgehead atoms. The van der Waals surface area contributed by atoms with E-state index >= 15 is 0 Å². The van der Waals surface area contributed by atoms with Crippen LogP contribution in [0, 0.1) is 0 Å². The molecule has 3 heterocycles. The number of amides is 1. The Morgan fingerprint density at radius 2 is 2.19 bits per heavy atom. The first-order chi connectivity index (χ1) is 12.8. The second-order valence-electron chi connectivity index (χ2n) is 6.56. The Morgan fingerprint density at radius 1 is 1.31 bits per heavy atom. The summed E-state index contributed by atoms with van der Waals surface area (Å²) < 4.78 is 12.7. The topological polar surface area (TPSA) is 94.4 Å². The molecule has 1 aromatic heterocycles. The molecule has 2 aromatic rings. The van der Waals surface area contributed by atoms with Crippen molar-refractivity contribution in [1.29, 1.82) is 0 Å². The SMILES string of the molecule is O=C(COc1cccc(-n2cnnn2)c1)N[C@H]1COC[C@@H]1N1CCCC1. The fourth-order valence-electron chi connectivity index (χ4n) is 3.51. The van der Waals surface area contributed by atoms with Crippen LogP contribution in [0.3, 0.4) is 0 Å². The van der Waals surface area contributed by atoms with Crippen LogP contribution in [0.1, 0.15) is 12.8 Å². The van der Waals surface area contributed by atoms with Gasteiger partial charge in [-0.25, -0.2) is 4.68 Å². The van der Waals surface area contributed by atoms with E-state index in [4.69, 9.17) is 9.47 Å². The maximum Gasteiger partial charge on any atom is 0.258 e. The molecular weight excluding hydrogens is 336 g/mol. The number of rotatable bonds is 6. The first-order valence-electron chi connectivity index (χ1n) is 8.87. The quantitative estimate of drug-likeness (QED) is 0.778. The minimum absolute atomic E-state index is 0.0248. The minimum Gasteiger partial charge on any atom is -0.484 e. The lowest BCUT2D eigenvalue weighted by Gasteiger charge is -2.27. The molecule has 138 valence electrons. The van der Waals surface area contributed by atoms with Crippen LogP contribution in [-0.2, 0) is 9.53 Å². The molecule has 1 amide bonds. The number of benzene rings is 1. The zero-order chi connectivity index (χ0) is 17.8. The van der Waals surface area contributed by atoms with Gasteiger partial charge in [0.1, 0.15) is 12.1 Å². The van der Waals surface area contributed by atoms with E-state index in [1.807, 2.05) is 12.1 Å². The second-order valence-corrected chi connectivity index (χ2v) is 6.56. The summed E-state index contributed by atoms with van der Waals surface area (Å²) in [7, 11) is 0. The highest BCUT2D eigenvalue weighted by Crippen LogP contribution is 2.19. The van der Waals surface area contributed by atoms with Gasteiger partial charge in [0.25, 0.3) is 5.91 Å². The summed E-state index contributed by atoms with van der Waals surface area (Å²) in [5.41, 5.74) is 0.770. The zero-order valence-electron chi connectivity index (χ0n) is 14.5. The molecule has 0 radical (unpaired) electrons. The van der Waals surface area contributed by atoms with Crippen LogP contribution in [-0.4, -0.2) is 76.0 Å². The molecule has 2 atom stereocenters. The van der Waals surface area contributed by atoms with Crippen LogP contribution in [0.4, 0.5) is 0 Å². The number of tetrazole rings is 1. The number of carbonyl (C=O) groups excluding carboxylic acids is 1. The maximum atomic E-state index is 12.3. The van der Waals surface area contributed by atoms with Gasteiger partial charge < -0.3 is 14.8 Å². The number of aromatic nitrogens is 4. The lowest BCUT2D eigenvalue weighted by Crippen LogP contribution is -2.51. The Bertz CT molecular complexity index is 732. The van der Waals surface area contributed by atoms with Crippen LogP contribution < -0.4 is 10.1 Å². The predicted molar refractivity (Wildman–Crippen MR) is 92.0 cm³/mol. The summed E-state index contributed by atoms with van der Waals surface area (Å²) in [4.78, 5) is 14.7. The summed E-state index contributed by atoms with van der Waals surface area (Å²) in [5, 5.41) is 14.1. The summed E-state index contributed by atoms with van der Waals surface area (Å²) >= 11 is 0. The molecule has 0 spiro atoms. The van der Waals surface area contributed by atoms with Crippen molar-refractivity contribution in [2.24, 2.45) is 0 Å². The second kappa shape index (κ2) is 7.79. The Kier molecular flexibility index (Phi) is 5.07. The average molecular weight is 358 g/mol. The number of carbonyl (C=O) groups is 1. The highest BCUT2D eigenvalue weighted by molar-refractivity contribution is 5.78. The van der Waals surface area contributed by atoms with Gasteiger partial charge in [0.05, 0.1) is 31.0 Å². The Morgan fingerprint density at radius 3 is 3.00 bits per heavy atom. The molecule has 2 aliphatic rings. The number of nitrogens with one attached hydrogen (secondary N) is 1. The molecule has 2 saturated heterocycles. The van der Waals surface area contributed by atoms with Gasteiger partial charge in [-0.1, -0.05) is 6.07 Å². The van der Waals surface area contributed by atoms with Crippen molar-refractivity contribution in [3.05, 3.63) is 30.6 Å². The van der Waals surface area contributed by atoms with Crippen LogP contribution in [0.25, 0.3) is 5.69 Å². The largest absolute Gasteiger partial charge is 0.484 e. The molecule has 1 N–H and O–H groups in total. The third kappa shape index (κ3) is 3.83. The number of ether oxygens (including phenoxy) is 2. The predicted octanol–water partition coefficient (Wildman–Crippen LogP) is 0.0205. The molecule has 2 fully saturated rings. The summed E-state index contributed by atoms with van der Waals surface area (Å²) in [6.07, 6.45) is 3.94. The molecule has 4 rings (SSSR count). The first-order valence-corrected chi connectivity index (χ1v) is 8.87. The summed E-state index contributed by atoms with van der Waals surface area (Å²) in [6, 6.07) is 7.57. The fraction of sp³-hybridized carbons (Fsp3) is 0.529. The zero-order valence-corrected chi connectivity index (χ0v) is 14.5. The number of hydrogen-bond donors (Lipinski definition) is 1. The van der Waals surface area contributed by atoms with Gasteiger partial charge in [0.15, 0.2) is 6.61 Å². The van der Waals surface area contributed by atoms with Gasteiger partial charge in [-0.3, -0.25) is 9.69 Å². The van der Waals surface area contributed by atoms with Crippen molar-refractivity contribution in [3.8, 4) is 11.4 Å². The van der Waals surface area contributed by atoms with E-state index in [1.165, 1.54) is 23.9 Å².